The lowest BCUT2D eigenvalue weighted by molar-refractivity contribution is -0.107. The van der Waals surface area contributed by atoms with Gasteiger partial charge in [0.05, 0.1) is 13.5 Å². The van der Waals surface area contributed by atoms with Crippen LogP contribution in [0.3, 0.4) is 0 Å². The first kappa shape index (κ1) is 10.2. The Kier molecular flexibility index (Phi) is 3.23. The van der Waals surface area contributed by atoms with E-state index in [2.05, 4.69) is 0 Å². The first-order chi connectivity index (χ1) is 6.69. The molecule has 0 bridgehead atoms. The number of rotatable bonds is 4. The lowest BCUT2D eigenvalue weighted by Crippen LogP contribution is -1.99. The number of Topliss-reactive ketones (excluding diaryl/α,β-unsaturated/α-hetero) is 1. The van der Waals surface area contributed by atoms with Gasteiger partial charge in [0.15, 0.2) is 17.3 Å². The highest BCUT2D eigenvalue weighted by atomic mass is 16.5. The van der Waals surface area contributed by atoms with Gasteiger partial charge in [-0.1, -0.05) is 0 Å². The number of aldehydes is 1. The summed E-state index contributed by atoms with van der Waals surface area (Å²) in [6.45, 7) is 0. The highest BCUT2D eigenvalue weighted by Crippen LogP contribution is 2.26. The van der Waals surface area contributed by atoms with Gasteiger partial charge >= 0.3 is 0 Å². The lowest BCUT2D eigenvalue weighted by atomic mass is 10.1. The summed E-state index contributed by atoms with van der Waals surface area (Å²) in [5, 5.41) is 9.24. The van der Waals surface area contributed by atoms with Gasteiger partial charge in [0.25, 0.3) is 0 Å². The molecule has 0 radical (unpaired) electrons. The van der Waals surface area contributed by atoms with E-state index in [-0.39, 0.29) is 23.7 Å². The van der Waals surface area contributed by atoms with Crippen LogP contribution in [0.25, 0.3) is 0 Å². The largest absolute Gasteiger partial charge is 0.504 e. The van der Waals surface area contributed by atoms with Crippen LogP contribution >= 0.6 is 0 Å². The molecule has 0 spiro atoms. The van der Waals surface area contributed by atoms with Crippen LogP contribution in [0.2, 0.25) is 0 Å². The molecule has 0 aliphatic heterocycles. The van der Waals surface area contributed by atoms with E-state index < -0.39 is 0 Å². The number of hydrogen-bond acceptors (Lipinski definition) is 4. The molecule has 14 heavy (non-hydrogen) atoms. The summed E-state index contributed by atoms with van der Waals surface area (Å²) < 4.78 is 4.82. The molecule has 0 unspecified atom stereocenters. The maximum absolute atomic E-state index is 11.3. The molecule has 1 rings (SSSR count). The fourth-order valence-electron chi connectivity index (χ4n) is 1.04. The van der Waals surface area contributed by atoms with Crippen molar-refractivity contribution in [2.45, 2.75) is 6.42 Å². The van der Waals surface area contributed by atoms with Crippen molar-refractivity contribution >= 4 is 12.1 Å². The number of ether oxygens (including phenoxy) is 1. The topological polar surface area (TPSA) is 63.6 Å². The molecular weight excluding hydrogens is 184 g/mol. The number of methoxy groups -OCH3 is 1. The number of phenols is 1. The van der Waals surface area contributed by atoms with Gasteiger partial charge in [-0.25, -0.2) is 0 Å². The molecule has 0 heterocycles. The molecule has 1 N–H and O–H groups in total. The van der Waals surface area contributed by atoms with E-state index in [0.717, 1.165) is 0 Å². The molecule has 1 aromatic carbocycles. The molecular formula is C10H10O4. The molecule has 4 heteroatoms. The minimum Gasteiger partial charge on any atom is -0.504 e. The van der Waals surface area contributed by atoms with Gasteiger partial charge in [-0.05, 0) is 18.2 Å². The quantitative estimate of drug-likeness (QED) is 0.444. The third-order valence-electron chi connectivity index (χ3n) is 1.77. The van der Waals surface area contributed by atoms with Crippen LogP contribution in [-0.2, 0) is 4.79 Å². The average Bonchev–Trinajstić information content (AvgIpc) is 2.19. The number of phenolic OH excluding ortho intramolecular Hbond substituents is 1. The number of ketones is 1. The number of carbonyl (C=O) groups excluding carboxylic acids is 2. The fraction of sp³-hybridized carbons (Fsp3) is 0.200. The minimum absolute atomic E-state index is 0.0323. The second kappa shape index (κ2) is 4.41. The van der Waals surface area contributed by atoms with Gasteiger partial charge < -0.3 is 14.6 Å². The lowest BCUT2D eigenvalue weighted by Gasteiger charge is -2.04. The Labute approximate surface area is 81.1 Å². The van der Waals surface area contributed by atoms with E-state index >= 15 is 0 Å². The van der Waals surface area contributed by atoms with Crippen LogP contribution in [0.15, 0.2) is 18.2 Å². The second-order valence-corrected chi connectivity index (χ2v) is 2.68. The van der Waals surface area contributed by atoms with Crippen LogP contribution in [0.1, 0.15) is 16.8 Å². The SMILES string of the molecule is COc1cc(C(=O)CC=O)ccc1O. The molecule has 0 saturated carbocycles. The number of benzene rings is 1. The van der Waals surface area contributed by atoms with Crippen molar-refractivity contribution < 1.29 is 19.4 Å². The smallest absolute Gasteiger partial charge is 0.170 e. The van der Waals surface area contributed by atoms with Gasteiger partial charge in [0.1, 0.15) is 6.29 Å². The monoisotopic (exact) mass is 194 g/mol. The van der Waals surface area contributed by atoms with Crippen LogP contribution in [0.4, 0.5) is 0 Å². The Morgan fingerprint density at radius 2 is 2.29 bits per heavy atom. The Balaban J connectivity index is 2.99. The predicted octanol–water partition coefficient (Wildman–Crippen LogP) is 1.17. The first-order valence-corrected chi connectivity index (χ1v) is 4.03. The van der Waals surface area contributed by atoms with Crippen molar-refractivity contribution in [3.05, 3.63) is 23.8 Å². The average molecular weight is 194 g/mol. The van der Waals surface area contributed by atoms with Gasteiger partial charge in [-0.2, -0.15) is 0 Å². The summed E-state index contributed by atoms with van der Waals surface area (Å²) in [7, 11) is 1.39. The molecule has 0 aromatic heterocycles. The highest BCUT2D eigenvalue weighted by Gasteiger charge is 2.08. The van der Waals surface area contributed by atoms with E-state index in [1.165, 1.54) is 25.3 Å². The van der Waals surface area contributed by atoms with E-state index in [0.29, 0.717) is 11.8 Å². The molecule has 0 atom stereocenters. The third kappa shape index (κ3) is 2.10. The maximum Gasteiger partial charge on any atom is 0.170 e. The third-order valence-corrected chi connectivity index (χ3v) is 1.77. The summed E-state index contributed by atoms with van der Waals surface area (Å²) >= 11 is 0. The zero-order chi connectivity index (χ0) is 10.6. The van der Waals surface area contributed by atoms with Crippen LogP contribution < -0.4 is 4.74 Å². The highest BCUT2D eigenvalue weighted by molar-refractivity contribution is 6.03. The molecule has 74 valence electrons. The molecule has 0 aliphatic carbocycles. The van der Waals surface area contributed by atoms with Gasteiger partial charge in [-0.15, -0.1) is 0 Å². The summed E-state index contributed by atoms with van der Waals surface area (Å²) in [4.78, 5) is 21.4. The number of aromatic hydroxyl groups is 1. The molecule has 0 fully saturated rings. The van der Waals surface area contributed by atoms with Crippen molar-refractivity contribution in [3.63, 3.8) is 0 Å². The fourth-order valence-corrected chi connectivity index (χ4v) is 1.04. The Hall–Kier alpha value is -1.84. The van der Waals surface area contributed by atoms with Crippen LogP contribution in [0, 0.1) is 0 Å². The van der Waals surface area contributed by atoms with Crippen LogP contribution in [-0.4, -0.2) is 24.3 Å². The minimum atomic E-state index is -0.293. The van der Waals surface area contributed by atoms with Crippen molar-refractivity contribution in [1.29, 1.82) is 0 Å². The van der Waals surface area contributed by atoms with E-state index in [4.69, 9.17) is 4.74 Å². The standard InChI is InChI=1S/C10H10O4/c1-14-10-6-7(2-3-9(10)13)8(12)4-5-11/h2-3,5-6,13H,4H2,1H3. The number of carbonyl (C=O) groups is 2. The normalized spacial score (nSPS) is 9.50. The molecule has 0 aliphatic rings. The van der Waals surface area contributed by atoms with E-state index in [1.807, 2.05) is 0 Å². The Bertz CT molecular complexity index is 357. The van der Waals surface area contributed by atoms with Crippen molar-refractivity contribution in [2.75, 3.05) is 7.11 Å². The molecule has 4 nitrogen and oxygen atoms in total. The number of hydrogen-bond donors (Lipinski definition) is 1. The maximum atomic E-state index is 11.3. The van der Waals surface area contributed by atoms with Crippen molar-refractivity contribution in [3.8, 4) is 11.5 Å². The molecule has 0 amide bonds. The zero-order valence-electron chi connectivity index (χ0n) is 7.69. The first-order valence-electron chi connectivity index (χ1n) is 4.03. The predicted molar refractivity (Wildman–Crippen MR) is 49.7 cm³/mol. The van der Waals surface area contributed by atoms with Gasteiger partial charge in [-0.3, -0.25) is 4.79 Å². The van der Waals surface area contributed by atoms with E-state index in [9.17, 15) is 14.7 Å². The summed E-state index contributed by atoms with van der Waals surface area (Å²) in [6, 6.07) is 4.21. The van der Waals surface area contributed by atoms with Crippen LogP contribution in [0.5, 0.6) is 11.5 Å². The Morgan fingerprint density at radius 3 is 2.86 bits per heavy atom. The molecule has 1 aromatic rings. The molecule has 0 saturated heterocycles. The van der Waals surface area contributed by atoms with Crippen molar-refractivity contribution in [1.82, 2.24) is 0 Å². The summed E-state index contributed by atoms with van der Waals surface area (Å²) in [5.41, 5.74) is 0.353. The summed E-state index contributed by atoms with van der Waals surface area (Å²) in [6.07, 6.45) is 0.385. The second-order valence-electron chi connectivity index (χ2n) is 2.68. The summed E-state index contributed by atoms with van der Waals surface area (Å²) in [5.74, 6) is -0.102. The van der Waals surface area contributed by atoms with Gasteiger partial charge in [0, 0.05) is 5.56 Å². The van der Waals surface area contributed by atoms with Crippen molar-refractivity contribution in [2.24, 2.45) is 0 Å². The van der Waals surface area contributed by atoms with E-state index in [1.54, 1.807) is 0 Å². The zero-order valence-corrected chi connectivity index (χ0v) is 7.69. The Morgan fingerprint density at radius 1 is 1.57 bits per heavy atom. The van der Waals surface area contributed by atoms with Gasteiger partial charge in [0.2, 0.25) is 0 Å².